The van der Waals surface area contributed by atoms with Crippen molar-refractivity contribution in [3.8, 4) is 0 Å². The lowest BCUT2D eigenvalue weighted by Gasteiger charge is -2.40. The summed E-state index contributed by atoms with van der Waals surface area (Å²) in [5.74, 6) is -0.458. The molecule has 2 aliphatic rings. The molecule has 2 amide bonds. The number of rotatable bonds is 3. The van der Waals surface area contributed by atoms with Gasteiger partial charge < -0.3 is 19.7 Å². The van der Waals surface area contributed by atoms with Gasteiger partial charge in [0.2, 0.25) is 0 Å². The molecular formula is C18H25N3O4. The number of para-hydroxylation sites is 1. The average Bonchev–Trinajstić information content (AvgIpc) is 2.68. The maximum absolute atomic E-state index is 12.7. The van der Waals surface area contributed by atoms with E-state index in [0.717, 1.165) is 45.7 Å². The number of nitrogens with zero attached hydrogens (tertiary/aromatic N) is 2. The van der Waals surface area contributed by atoms with Crippen molar-refractivity contribution < 1.29 is 19.1 Å². The Bertz CT molecular complexity index is 616. The minimum atomic E-state index is -0.458. The third-order valence-corrected chi connectivity index (χ3v) is 4.82. The second-order valence-corrected chi connectivity index (χ2v) is 6.36. The first-order valence-corrected chi connectivity index (χ1v) is 8.74. The van der Waals surface area contributed by atoms with E-state index >= 15 is 0 Å². The van der Waals surface area contributed by atoms with E-state index in [1.165, 1.54) is 7.11 Å². The summed E-state index contributed by atoms with van der Waals surface area (Å²) in [5.41, 5.74) is 0.841. The molecule has 1 N–H and O–H groups in total. The number of piperidine rings is 1. The molecule has 0 saturated carbocycles. The molecule has 0 spiro atoms. The van der Waals surface area contributed by atoms with Crippen molar-refractivity contribution in [1.29, 1.82) is 0 Å². The summed E-state index contributed by atoms with van der Waals surface area (Å²) in [6.45, 7) is 4.79. The van der Waals surface area contributed by atoms with Gasteiger partial charge in [0, 0.05) is 32.2 Å². The van der Waals surface area contributed by atoms with Crippen LogP contribution in [-0.2, 0) is 9.47 Å². The number of methoxy groups -OCH3 is 1. The smallest absolute Gasteiger partial charge is 0.339 e. The Morgan fingerprint density at radius 3 is 2.72 bits per heavy atom. The lowest BCUT2D eigenvalue weighted by Crippen LogP contribution is -2.53. The van der Waals surface area contributed by atoms with Gasteiger partial charge in [-0.2, -0.15) is 0 Å². The van der Waals surface area contributed by atoms with E-state index in [0.29, 0.717) is 23.8 Å². The van der Waals surface area contributed by atoms with Crippen LogP contribution in [0.25, 0.3) is 0 Å². The molecule has 0 aliphatic carbocycles. The molecule has 0 bridgehead atoms. The molecule has 2 aliphatic heterocycles. The number of carbonyl (C=O) groups is 2. The first kappa shape index (κ1) is 17.7. The molecule has 0 radical (unpaired) electrons. The molecule has 7 heteroatoms. The van der Waals surface area contributed by atoms with Crippen molar-refractivity contribution in [3.63, 3.8) is 0 Å². The molecule has 1 aromatic carbocycles. The number of nitrogens with one attached hydrogen (secondary N) is 1. The topological polar surface area (TPSA) is 71.1 Å². The number of morpholine rings is 1. The van der Waals surface area contributed by atoms with Gasteiger partial charge in [0.15, 0.2) is 0 Å². The van der Waals surface area contributed by atoms with Gasteiger partial charge in [0.05, 0.1) is 31.6 Å². The second-order valence-electron chi connectivity index (χ2n) is 6.36. The van der Waals surface area contributed by atoms with Crippen LogP contribution < -0.4 is 5.32 Å². The van der Waals surface area contributed by atoms with Crippen molar-refractivity contribution in [2.45, 2.75) is 18.9 Å². The summed E-state index contributed by atoms with van der Waals surface area (Å²) in [6, 6.07) is 7.10. The van der Waals surface area contributed by atoms with Crippen molar-refractivity contribution in [2.24, 2.45) is 0 Å². The third-order valence-electron chi connectivity index (χ3n) is 4.82. The van der Waals surface area contributed by atoms with Gasteiger partial charge in [-0.05, 0) is 25.0 Å². The largest absolute Gasteiger partial charge is 0.465 e. The lowest BCUT2D eigenvalue weighted by atomic mass is 10.0. The summed E-state index contributed by atoms with van der Waals surface area (Å²) < 4.78 is 10.2. The highest BCUT2D eigenvalue weighted by molar-refractivity contribution is 6.00. The number of benzene rings is 1. The Balaban J connectivity index is 1.64. The van der Waals surface area contributed by atoms with E-state index in [4.69, 9.17) is 9.47 Å². The second kappa shape index (κ2) is 8.31. The Morgan fingerprint density at radius 2 is 1.96 bits per heavy atom. The van der Waals surface area contributed by atoms with E-state index in [9.17, 15) is 9.59 Å². The summed E-state index contributed by atoms with van der Waals surface area (Å²) in [6.07, 6.45) is 2.08. The fourth-order valence-electron chi connectivity index (χ4n) is 3.45. The number of esters is 1. The van der Waals surface area contributed by atoms with Crippen LogP contribution in [0.3, 0.4) is 0 Å². The zero-order valence-corrected chi connectivity index (χ0v) is 14.6. The lowest BCUT2D eigenvalue weighted by molar-refractivity contribution is 0.00248. The summed E-state index contributed by atoms with van der Waals surface area (Å²) in [5, 5.41) is 2.86. The van der Waals surface area contributed by atoms with Crippen LogP contribution in [0, 0.1) is 0 Å². The van der Waals surface area contributed by atoms with Crippen molar-refractivity contribution >= 4 is 17.7 Å². The van der Waals surface area contributed by atoms with Crippen LogP contribution in [0.2, 0.25) is 0 Å². The highest BCUT2D eigenvalue weighted by atomic mass is 16.5. The highest BCUT2D eigenvalue weighted by Crippen LogP contribution is 2.20. The van der Waals surface area contributed by atoms with Crippen LogP contribution in [0.5, 0.6) is 0 Å². The monoisotopic (exact) mass is 347 g/mol. The summed E-state index contributed by atoms with van der Waals surface area (Å²) in [7, 11) is 1.33. The number of anilines is 1. The van der Waals surface area contributed by atoms with E-state index in [1.54, 1.807) is 24.3 Å². The maximum atomic E-state index is 12.7. The van der Waals surface area contributed by atoms with Gasteiger partial charge >= 0.3 is 12.0 Å². The van der Waals surface area contributed by atoms with Crippen LogP contribution in [0.1, 0.15) is 23.2 Å². The molecule has 2 fully saturated rings. The van der Waals surface area contributed by atoms with Gasteiger partial charge in [-0.1, -0.05) is 12.1 Å². The molecule has 136 valence electrons. The number of hydrogen-bond acceptors (Lipinski definition) is 5. The molecule has 0 aromatic heterocycles. The normalized spacial score (nSPS) is 21.6. The maximum Gasteiger partial charge on any atom is 0.339 e. The Labute approximate surface area is 147 Å². The van der Waals surface area contributed by atoms with Gasteiger partial charge in [-0.3, -0.25) is 4.90 Å². The van der Waals surface area contributed by atoms with Gasteiger partial charge in [-0.25, -0.2) is 9.59 Å². The van der Waals surface area contributed by atoms with Crippen LogP contribution in [-0.4, -0.2) is 74.3 Å². The molecular weight excluding hydrogens is 322 g/mol. The van der Waals surface area contributed by atoms with Crippen molar-refractivity contribution in [1.82, 2.24) is 9.80 Å². The minimum Gasteiger partial charge on any atom is -0.465 e. The van der Waals surface area contributed by atoms with Gasteiger partial charge in [0.25, 0.3) is 0 Å². The zero-order valence-electron chi connectivity index (χ0n) is 14.6. The van der Waals surface area contributed by atoms with Crippen molar-refractivity contribution in [2.75, 3.05) is 51.8 Å². The van der Waals surface area contributed by atoms with E-state index < -0.39 is 5.97 Å². The molecule has 1 atom stereocenters. The summed E-state index contributed by atoms with van der Waals surface area (Å²) >= 11 is 0. The van der Waals surface area contributed by atoms with Crippen LogP contribution in [0.4, 0.5) is 10.5 Å². The van der Waals surface area contributed by atoms with Gasteiger partial charge in [-0.15, -0.1) is 0 Å². The molecule has 7 nitrogen and oxygen atoms in total. The predicted octanol–water partition coefficient (Wildman–Crippen LogP) is 1.80. The number of hydrogen-bond donors (Lipinski definition) is 1. The zero-order chi connectivity index (χ0) is 17.6. The fraction of sp³-hybridized carbons (Fsp3) is 0.556. The van der Waals surface area contributed by atoms with E-state index in [-0.39, 0.29) is 6.03 Å². The molecule has 2 heterocycles. The molecule has 2 saturated heterocycles. The van der Waals surface area contributed by atoms with Crippen LogP contribution in [0.15, 0.2) is 24.3 Å². The van der Waals surface area contributed by atoms with E-state index in [1.807, 2.05) is 4.90 Å². The molecule has 0 unspecified atom stereocenters. The van der Waals surface area contributed by atoms with E-state index in [2.05, 4.69) is 10.2 Å². The number of ether oxygens (including phenoxy) is 2. The van der Waals surface area contributed by atoms with Crippen molar-refractivity contribution in [3.05, 3.63) is 29.8 Å². The van der Waals surface area contributed by atoms with Gasteiger partial charge in [0.1, 0.15) is 0 Å². The first-order valence-electron chi connectivity index (χ1n) is 8.74. The first-order chi connectivity index (χ1) is 12.2. The number of amides is 2. The standard InChI is InChI=1S/C18H25N3O4/c1-24-17(22)15-6-2-3-7-16(15)19-18(23)21-8-4-5-14(13-21)20-9-11-25-12-10-20/h2-3,6-7,14H,4-5,8-13H2,1H3,(H,19,23)/t14-/m0/s1. The Morgan fingerprint density at radius 1 is 1.20 bits per heavy atom. The quantitative estimate of drug-likeness (QED) is 0.845. The number of urea groups is 1. The average molecular weight is 347 g/mol. The predicted molar refractivity (Wildman–Crippen MR) is 93.8 cm³/mol. The third kappa shape index (κ3) is 4.29. The number of carbonyl (C=O) groups excluding carboxylic acids is 2. The Hall–Kier alpha value is -2.12. The van der Waals surface area contributed by atoms with Crippen LogP contribution >= 0.6 is 0 Å². The molecule has 3 rings (SSSR count). The SMILES string of the molecule is COC(=O)c1ccccc1NC(=O)N1CCC[C@H](N2CCOCC2)C1. The molecule has 1 aromatic rings. The minimum absolute atomic E-state index is 0.172. The fourth-order valence-corrected chi connectivity index (χ4v) is 3.45. The summed E-state index contributed by atoms with van der Waals surface area (Å²) in [4.78, 5) is 28.8. The highest BCUT2D eigenvalue weighted by Gasteiger charge is 2.29. The molecule has 25 heavy (non-hydrogen) atoms. The Kier molecular flexibility index (Phi) is 5.88. The number of likely N-dealkylation sites (tertiary alicyclic amines) is 1.